The maximum atomic E-state index is 11.9. The molecule has 5 heteroatoms. The van der Waals surface area contributed by atoms with Gasteiger partial charge in [-0.15, -0.1) is 0 Å². The Morgan fingerprint density at radius 1 is 1.39 bits per heavy atom. The summed E-state index contributed by atoms with van der Waals surface area (Å²) >= 11 is 0. The van der Waals surface area contributed by atoms with Gasteiger partial charge >= 0.3 is 0 Å². The number of hydrogen-bond donors (Lipinski definition) is 2. The van der Waals surface area contributed by atoms with Crippen LogP contribution in [0.15, 0.2) is 41.1 Å². The van der Waals surface area contributed by atoms with E-state index in [1.807, 2.05) is 25.1 Å². The van der Waals surface area contributed by atoms with E-state index in [2.05, 4.69) is 15.3 Å². The van der Waals surface area contributed by atoms with Gasteiger partial charge in [0.15, 0.2) is 5.76 Å². The minimum Gasteiger partial charge on any atom is -0.451 e. The number of carbonyl (C=O) groups is 1. The first-order valence-corrected chi connectivity index (χ1v) is 5.53. The molecule has 0 fully saturated rings. The molecule has 18 heavy (non-hydrogen) atoms. The van der Waals surface area contributed by atoms with Gasteiger partial charge in [0, 0.05) is 17.8 Å². The number of nitrogens with one attached hydrogen (secondary N) is 2. The topological polar surface area (TPSA) is 70.9 Å². The molecule has 0 radical (unpaired) electrons. The fourth-order valence-corrected chi connectivity index (χ4v) is 1.75. The summed E-state index contributed by atoms with van der Waals surface area (Å²) < 4.78 is 5.51. The van der Waals surface area contributed by atoms with Gasteiger partial charge in [-0.3, -0.25) is 10.1 Å². The number of rotatable bonds is 2. The second kappa shape index (κ2) is 4.03. The molecule has 1 aromatic carbocycles. The zero-order chi connectivity index (χ0) is 12.5. The molecule has 0 saturated carbocycles. The van der Waals surface area contributed by atoms with Gasteiger partial charge in [0.25, 0.3) is 5.91 Å². The number of amides is 1. The first kappa shape index (κ1) is 10.6. The SMILES string of the molecule is Cc1ccc2cc(C(=O)Nc3ncc[nH]3)oc2c1. The summed E-state index contributed by atoms with van der Waals surface area (Å²) in [5.41, 5.74) is 1.80. The van der Waals surface area contributed by atoms with Crippen molar-refractivity contribution in [1.29, 1.82) is 0 Å². The number of imidazole rings is 1. The molecule has 3 rings (SSSR count). The molecule has 0 aliphatic carbocycles. The summed E-state index contributed by atoms with van der Waals surface area (Å²) in [4.78, 5) is 18.6. The van der Waals surface area contributed by atoms with Gasteiger partial charge in [-0.25, -0.2) is 4.98 Å². The molecule has 90 valence electrons. The number of fused-ring (bicyclic) bond motifs is 1. The van der Waals surface area contributed by atoms with Crippen molar-refractivity contribution < 1.29 is 9.21 Å². The van der Waals surface area contributed by atoms with Gasteiger partial charge in [0.1, 0.15) is 5.58 Å². The molecule has 0 saturated heterocycles. The van der Waals surface area contributed by atoms with Crippen molar-refractivity contribution in [3.8, 4) is 0 Å². The molecule has 0 aliphatic heterocycles. The van der Waals surface area contributed by atoms with E-state index in [9.17, 15) is 4.79 Å². The molecule has 0 unspecified atom stereocenters. The number of benzene rings is 1. The Morgan fingerprint density at radius 2 is 2.28 bits per heavy atom. The summed E-state index contributed by atoms with van der Waals surface area (Å²) in [6.45, 7) is 1.98. The first-order chi connectivity index (χ1) is 8.72. The highest BCUT2D eigenvalue weighted by Gasteiger charge is 2.13. The molecule has 3 aromatic rings. The molecule has 0 spiro atoms. The van der Waals surface area contributed by atoms with Gasteiger partial charge in [-0.05, 0) is 24.6 Å². The van der Waals surface area contributed by atoms with E-state index in [1.54, 1.807) is 18.5 Å². The summed E-state index contributed by atoms with van der Waals surface area (Å²) in [5, 5.41) is 3.52. The Morgan fingerprint density at radius 3 is 3.06 bits per heavy atom. The van der Waals surface area contributed by atoms with Crippen LogP contribution in [0.2, 0.25) is 0 Å². The van der Waals surface area contributed by atoms with Crippen LogP contribution in [0.5, 0.6) is 0 Å². The number of hydrogen-bond acceptors (Lipinski definition) is 3. The monoisotopic (exact) mass is 241 g/mol. The number of nitrogens with zero attached hydrogens (tertiary/aromatic N) is 1. The van der Waals surface area contributed by atoms with Crippen LogP contribution >= 0.6 is 0 Å². The number of furan rings is 1. The molecule has 0 atom stereocenters. The second-order valence-electron chi connectivity index (χ2n) is 4.04. The fraction of sp³-hybridized carbons (Fsp3) is 0.0769. The molecule has 0 aliphatic rings. The van der Waals surface area contributed by atoms with Crippen LogP contribution in [-0.2, 0) is 0 Å². The van der Waals surface area contributed by atoms with Crippen LogP contribution in [0.25, 0.3) is 11.0 Å². The van der Waals surface area contributed by atoms with E-state index in [-0.39, 0.29) is 11.7 Å². The summed E-state index contributed by atoms with van der Waals surface area (Å²) in [7, 11) is 0. The Hall–Kier alpha value is -2.56. The zero-order valence-electron chi connectivity index (χ0n) is 9.73. The van der Waals surface area contributed by atoms with Crippen molar-refractivity contribution in [2.45, 2.75) is 6.92 Å². The lowest BCUT2D eigenvalue weighted by atomic mass is 10.2. The second-order valence-corrected chi connectivity index (χ2v) is 4.04. The van der Waals surface area contributed by atoms with Gasteiger partial charge in [-0.2, -0.15) is 0 Å². The van der Waals surface area contributed by atoms with Crippen LogP contribution in [0.3, 0.4) is 0 Å². The third kappa shape index (κ3) is 1.86. The quantitative estimate of drug-likeness (QED) is 0.724. The van der Waals surface area contributed by atoms with E-state index in [0.29, 0.717) is 11.5 Å². The lowest BCUT2D eigenvalue weighted by Gasteiger charge is -1.96. The van der Waals surface area contributed by atoms with Crippen LogP contribution in [-0.4, -0.2) is 15.9 Å². The van der Waals surface area contributed by atoms with Gasteiger partial charge in [0.05, 0.1) is 0 Å². The number of anilines is 1. The average molecular weight is 241 g/mol. The van der Waals surface area contributed by atoms with Crippen molar-refractivity contribution in [3.63, 3.8) is 0 Å². The molecule has 5 nitrogen and oxygen atoms in total. The predicted octanol–water partition coefficient (Wildman–Crippen LogP) is 2.72. The molecular weight excluding hydrogens is 230 g/mol. The Bertz CT molecular complexity index is 698. The van der Waals surface area contributed by atoms with Crippen LogP contribution in [0.1, 0.15) is 16.1 Å². The largest absolute Gasteiger partial charge is 0.451 e. The molecule has 0 bridgehead atoms. The van der Waals surface area contributed by atoms with Crippen molar-refractivity contribution in [2.24, 2.45) is 0 Å². The van der Waals surface area contributed by atoms with Crippen LogP contribution in [0.4, 0.5) is 5.95 Å². The highest BCUT2D eigenvalue weighted by atomic mass is 16.3. The highest BCUT2D eigenvalue weighted by Crippen LogP contribution is 2.21. The van der Waals surface area contributed by atoms with Crippen LogP contribution < -0.4 is 5.32 Å². The average Bonchev–Trinajstić information content (AvgIpc) is 2.96. The lowest BCUT2D eigenvalue weighted by Crippen LogP contribution is -2.11. The van der Waals surface area contributed by atoms with Gasteiger partial charge in [-0.1, -0.05) is 12.1 Å². The van der Waals surface area contributed by atoms with E-state index < -0.39 is 0 Å². The van der Waals surface area contributed by atoms with E-state index >= 15 is 0 Å². The van der Waals surface area contributed by atoms with Crippen LogP contribution in [0, 0.1) is 6.92 Å². The normalized spacial score (nSPS) is 10.7. The maximum Gasteiger partial charge on any atom is 0.293 e. The first-order valence-electron chi connectivity index (χ1n) is 5.53. The fourth-order valence-electron chi connectivity index (χ4n) is 1.75. The van der Waals surface area contributed by atoms with Crippen molar-refractivity contribution in [1.82, 2.24) is 9.97 Å². The van der Waals surface area contributed by atoms with Crippen molar-refractivity contribution in [3.05, 3.63) is 48.0 Å². The molecule has 2 aromatic heterocycles. The smallest absolute Gasteiger partial charge is 0.293 e. The van der Waals surface area contributed by atoms with Gasteiger partial charge < -0.3 is 9.40 Å². The predicted molar refractivity (Wildman–Crippen MR) is 67.5 cm³/mol. The standard InChI is InChI=1S/C13H11N3O2/c1-8-2-3-9-7-11(18-10(9)6-8)12(17)16-13-14-4-5-15-13/h2-7H,1H3,(H2,14,15,16,17). The Labute approximate surface area is 103 Å². The molecule has 1 amide bonds. The Kier molecular flexibility index (Phi) is 2.37. The van der Waals surface area contributed by atoms with Crippen molar-refractivity contribution in [2.75, 3.05) is 5.32 Å². The lowest BCUT2D eigenvalue weighted by molar-refractivity contribution is 0.0998. The summed E-state index contributed by atoms with van der Waals surface area (Å²) in [6.07, 6.45) is 3.20. The number of carbonyl (C=O) groups excluding carboxylic acids is 1. The number of aryl methyl sites for hydroxylation is 1. The van der Waals surface area contributed by atoms with E-state index in [4.69, 9.17) is 4.42 Å². The third-order valence-corrected chi connectivity index (χ3v) is 2.63. The zero-order valence-corrected chi connectivity index (χ0v) is 9.73. The van der Waals surface area contributed by atoms with Crippen molar-refractivity contribution >= 4 is 22.8 Å². The summed E-state index contributed by atoms with van der Waals surface area (Å²) in [6, 6.07) is 7.52. The minimum atomic E-state index is -0.321. The minimum absolute atomic E-state index is 0.270. The Balaban J connectivity index is 1.92. The molecule has 2 heterocycles. The van der Waals surface area contributed by atoms with E-state index in [0.717, 1.165) is 10.9 Å². The highest BCUT2D eigenvalue weighted by molar-refractivity contribution is 6.03. The maximum absolute atomic E-state index is 11.9. The van der Waals surface area contributed by atoms with Gasteiger partial charge in [0.2, 0.25) is 5.95 Å². The number of aromatic amines is 1. The molecular formula is C13H11N3O2. The van der Waals surface area contributed by atoms with E-state index in [1.165, 1.54) is 0 Å². The summed E-state index contributed by atoms with van der Waals surface area (Å²) in [5.74, 6) is 0.349. The third-order valence-electron chi connectivity index (χ3n) is 2.63. The number of H-pyrrole nitrogens is 1. The number of aromatic nitrogens is 2. The molecule has 2 N–H and O–H groups in total.